The highest BCUT2D eigenvalue weighted by Crippen LogP contribution is 2.34. The van der Waals surface area contributed by atoms with Crippen molar-refractivity contribution < 1.29 is 19.8 Å². The number of carbonyl (C=O) groups is 2. The predicted octanol–water partition coefficient (Wildman–Crippen LogP) is 1.68. The zero-order valence-electron chi connectivity index (χ0n) is 15.8. The van der Waals surface area contributed by atoms with Crippen LogP contribution >= 0.6 is 0 Å². The number of piperidine rings is 1. The lowest BCUT2D eigenvalue weighted by Crippen LogP contribution is -2.58. The molecule has 0 aromatic heterocycles. The van der Waals surface area contributed by atoms with Gasteiger partial charge in [0.25, 0.3) is 0 Å². The molecule has 0 saturated carbocycles. The Bertz CT molecular complexity index is 797. The molecule has 1 fully saturated rings. The van der Waals surface area contributed by atoms with Crippen molar-refractivity contribution in [2.75, 3.05) is 19.6 Å². The van der Waals surface area contributed by atoms with Gasteiger partial charge in [0.15, 0.2) is 0 Å². The molecule has 28 heavy (non-hydrogen) atoms. The molecule has 0 spiro atoms. The summed E-state index contributed by atoms with van der Waals surface area (Å²) >= 11 is 0. The molecule has 1 aliphatic heterocycles. The predicted molar refractivity (Wildman–Crippen MR) is 106 cm³/mol. The molecule has 3 rings (SSSR count). The summed E-state index contributed by atoms with van der Waals surface area (Å²) < 4.78 is 0. The maximum atomic E-state index is 12.3. The number of hydrogen-bond acceptors (Lipinski definition) is 4. The third-order valence-corrected chi connectivity index (χ3v) is 5.35. The summed E-state index contributed by atoms with van der Waals surface area (Å²) in [4.78, 5) is 26.3. The van der Waals surface area contributed by atoms with E-state index < -0.39 is 17.5 Å². The maximum absolute atomic E-state index is 12.3. The van der Waals surface area contributed by atoms with Crippen LogP contribution in [0.3, 0.4) is 0 Å². The molecule has 1 aliphatic rings. The van der Waals surface area contributed by atoms with E-state index in [9.17, 15) is 19.8 Å². The van der Waals surface area contributed by atoms with Crippen LogP contribution in [0.15, 0.2) is 60.7 Å². The minimum atomic E-state index is -1.32. The summed E-state index contributed by atoms with van der Waals surface area (Å²) in [5, 5.41) is 23.4. The van der Waals surface area contributed by atoms with Crippen LogP contribution in [-0.2, 0) is 22.6 Å². The Morgan fingerprint density at radius 1 is 1.04 bits per heavy atom. The number of amides is 1. The number of rotatable bonds is 7. The first-order valence-corrected chi connectivity index (χ1v) is 9.48. The van der Waals surface area contributed by atoms with Gasteiger partial charge in [0.05, 0.1) is 12.6 Å². The maximum Gasteiger partial charge on any atom is 0.313 e. The lowest BCUT2D eigenvalue weighted by molar-refractivity contribution is -0.164. The van der Waals surface area contributed by atoms with Crippen LogP contribution in [0.2, 0.25) is 0 Å². The number of aliphatic carboxylic acids is 1. The number of hydrogen-bond donors (Lipinski definition) is 3. The van der Waals surface area contributed by atoms with Crippen LogP contribution in [-0.4, -0.2) is 52.7 Å². The van der Waals surface area contributed by atoms with E-state index in [1.165, 1.54) is 0 Å². The van der Waals surface area contributed by atoms with Crippen molar-refractivity contribution in [1.29, 1.82) is 0 Å². The lowest BCUT2D eigenvalue weighted by atomic mass is 9.73. The van der Waals surface area contributed by atoms with Crippen LogP contribution in [0.25, 0.3) is 0 Å². The van der Waals surface area contributed by atoms with E-state index in [1.54, 1.807) is 0 Å². The van der Waals surface area contributed by atoms with E-state index in [0.29, 0.717) is 19.5 Å². The number of carbonyl (C=O) groups excluding carboxylic acids is 1. The van der Waals surface area contributed by atoms with E-state index >= 15 is 0 Å². The number of carboxylic acids is 1. The second kappa shape index (κ2) is 8.99. The summed E-state index contributed by atoms with van der Waals surface area (Å²) in [5.74, 6) is -1.18. The van der Waals surface area contributed by atoms with Gasteiger partial charge in [-0.15, -0.1) is 0 Å². The molecule has 6 heteroatoms. The Morgan fingerprint density at radius 2 is 1.64 bits per heavy atom. The number of nitrogens with zero attached hydrogens (tertiary/aromatic N) is 1. The first kappa shape index (κ1) is 20.0. The second-order valence-corrected chi connectivity index (χ2v) is 7.40. The third-order valence-electron chi connectivity index (χ3n) is 5.35. The average Bonchev–Trinajstić information content (AvgIpc) is 2.70. The third kappa shape index (κ3) is 4.77. The molecule has 1 heterocycles. The van der Waals surface area contributed by atoms with Crippen molar-refractivity contribution in [1.82, 2.24) is 10.2 Å². The standard InChI is InChI=1S/C22H26N2O4/c25-19-11-12-24(15-20(26)23-14-18-9-5-2-6-10-18)16-22(19,21(27)28)13-17-7-3-1-4-8-17/h1-10,19,25H,11-16H2,(H,23,26)(H,27,28)/t19-,22-/m0/s1. The Morgan fingerprint density at radius 3 is 2.25 bits per heavy atom. The fourth-order valence-corrected chi connectivity index (χ4v) is 3.77. The molecule has 2 aromatic carbocycles. The van der Waals surface area contributed by atoms with Crippen LogP contribution in [0.5, 0.6) is 0 Å². The molecule has 0 radical (unpaired) electrons. The molecule has 0 aliphatic carbocycles. The van der Waals surface area contributed by atoms with Gasteiger partial charge in [-0.3, -0.25) is 14.5 Å². The summed E-state index contributed by atoms with van der Waals surface area (Å²) in [6, 6.07) is 18.9. The number of benzene rings is 2. The lowest BCUT2D eigenvalue weighted by Gasteiger charge is -2.43. The minimum absolute atomic E-state index is 0.114. The number of aliphatic hydroxyl groups is 1. The molecule has 0 bridgehead atoms. The molecule has 1 amide bonds. The van der Waals surface area contributed by atoms with Gasteiger partial charge in [0.2, 0.25) is 5.91 Å². The summed E-state index contributed by atoms with van der Waals surface area (Å²) in [7, 11) is 0. The quantitative estimate of drug-likeness (QED) is 0.678. The monoisotopic (exact) mass is 382 g/mol. The molecule has 2 atom stereocenters. The van der Waals surface area contributed by atoms with E-state index in [2.05, 4.69) is 5.32 Å². The molecular formula is C22H26N2O4. The zero-order chi connectivity index (χ0) is 20.0. The molecule has 0 unspecified atom stereocenters. The first-order chi connectivity index (χ1) is 13.5. The highest BCUT2D eigenvalue weighted by Gasteiger charge is 2.49. The van der Waals surface area contributed by atoms with E-state index in [-0.39, 0.29) is 25.4 Å². The summed E-state index contributed by atoms with van der Waals surface area (Å²) in [6.45, 7) is 1.18. The summed E-state index contributed by atoms with van der Waals surface area (Å²) in [5.41, 5.74) is 0.549. The van der Waals surface area contributed by atoms with Crippen molar-refractivity contribution in [3.05, 3.63) is 71.8 Å². The minimum Gasteiger partial charge on any atom is -0.481 e. The number of carboxylic acid groups (broad SMARTS) is 1. The van der Waals surface area contributed by atoms with Gasteiger partial charge < -0.3 is 15.5 Å². The fourth-order valence-electron chi connectivity index (χ4n) is 3.77. The topological polar surface area (TPSA) is 89.9 Å². The van der Waals surface area contributed by atoms with Gasteiger partial charge in [-0.25, -0.2) is 0 Å². The number of likely N-dealkylation sites (tertiary alicyclic amines) is 1. The first-order valence-electron chi connectivity index (χ1n) is 9.48. The van der Waals surface area contributed by atoms with Crippen molar-refractivity contribution >= 4 is 11.9 Å². The normalized spacial score (nSPS) is 22.5. The largest absolute Gasteiger partial charge is 0.481 e. The Kier molecular flexibility index (Phi) is 6.44. The molecular weight excluding hydrogens is 356 g/mol. The van der Waals surface area contributed by atoms with Gasteiger partial charge in [0, 0.05) is 19.6 Å². The smallest absolute Gasteiger partial charge is 0.313 e. The second-order valence-electron chi connectivity index (χ2n) is 7.40. The molecule has 3 N–H and O–H groups in total. The van der Waals surface area contributed by atoms with Crippen molar-refractivity contribution in [2.45, 2.75) is 25.5 Å². The fraction of sp³-hybridized carbons (Fsp3) is 0.364. The van der Waals surface area contributed by atoms with Gasteiger partial charge in [-0.05, 0) is 24.0 Å². The SMILES string of the molecule is O=C(CN1CC[C@H](O)[C@@](Cc2ccccc2)(C(=O)O)C1)NCc1ccccc1. The van der Waals surface area contributed by atoms with Gasteiger partial charge in [-0.1, -0.05) is 60.7 Å². The highest BCUT2D eigenvalue weighted by atomic mass is 16.4. The van der Waals surface area contributed by atoms with Crippen LogP contribution in [0.4, 0.5) is 0 Å². The van der Waals surface area contributed by atoms with Crippen molar-refractivity contribution in [2.24, 2.45) is 5.41 Å². The van der Waals surface area contributed by atoms with Crippen LogP contribution in [0, 0.1) is 5.41 Å². The highest BCUT2D eigenvalue weighted by molar-refractivity contribution is 5.79. The van der Waals surface area contributed by atoms with Gasteiger partial charge in [0.1, 0.15) is 5.41 Å². The molecule has 6 nitrogen and oxygen atoms in total. The van der Waals surface area contributed by atoms with Crippen molar-refractivity contribution in [3.63, 3.8) is 0 Å². The Balaban J connectivity index is 1.64. The molecule has 2 aromatic rings. The van der Waals surface area contributed by atoms with E-state index in [0.717, 1.165) is 11.1 Å². The summed E-state index contributed by atoms with van der Waals surface area (Å²) in [6.07, 6.45) is -0.397. The zero-order valence-corrected chi connectivity index (χ0v) is 15.8. The van der Waals surface area contributed by atoms with Gasteiger partial charge >= 0.3 is 5.97 Å². The molecule has 148 valence electrons. The van der Waals surface area contributed by atoms with Gasteiger partial charge in [-0.2, -0.15) is 0 Å². The number of nitrogens with one attached hydrogen (secondary N) is 1. The van der Waals surface area contributed by atoms with Crippen molar-refractivity contribution in [3.8, 4) is 0 Å². The van der Waals surface area contributed by atoms with E-state index in [1.807, 2.05) is 65.6 Å². The molecule has 1 saturated heterocycles. The van der Waals surface area contributed by atoms with Crippen LogP contribution < -0.4 is 5.32 Å². The van der Waals surface area contributed by atoms with E-state index in [4.69, 9.17) is 0 Å². The Labute approximate surface area is 164 Å². The Hall–Kier alpha value is -2.70. The number of aliphatic hydroxyl groups excluding tert-OH is 1. The average molecular weight is 382 g/mol. The van der Waals surface area contributed by atoms with Crippen LogP contribution in [0.1, 0.15) is 17.5 Å².